The van der Waals surface area contributed by atoms with Gasteiger partial charge in [0.15, 0.2) is 0 Å². The summed E-state index contributed by atoms with van der Waals surface area (Å²) in [5.41, 5.74) is 3.01. The van der Waals surface area contributed by atoms with Gasteiger partial charge in [0.25, 0.3) is 0 Å². The minimum Gasteiger partial charge on any atom is -0.478 e. The lowest BCUT2D eigenvalue weighted by molar-refractivity contribution is 0.0697. The third kappa shape index (κ3) is 2.37. The van der Waals surface area contributed by atoms with Crippen molar-refractivity contribution in [1.29, 1.82) is 0 Å². The summed E-state index contributed by atoms with van der Waals surface area (Å²) in [6.07, 6.45) is 0. The lowest BCUT2D eigenvalue weighted by Gasteiger charge is -2.18. The average Bonchev–Trinajstić information content (AvgIpc) is 2.16. The standard InChI is InChI=1S/C12H15NO2/c1-8(2)10-7-9(12(14)15)5-6-11(10)13(3)4/h5-7H,1H2,2-4H3,(H,14,15). The van der Waals surface area contributed by atoms with Gasteiger partial charge in [-0.05, 0) is 30.7 Å². The topological polar surface area (TPSA) is 40.5 Å². The van der Waals surface area contributed by atoms with Gasteiger partial charge in [0.1, 0.15) is 0 Å². The predicted molar refractivity (Wildman–Crippen MR) is 62.4 cm³/mol. The first-order valence-corrected chi connectivity index (χ1v) is 4.64. The Morgan fingerprint density at radius 1 is 1.40 bits per heavy atom. The summed E-state index contributed by atoms with van der Waals surface area (Å²) in [6, 6.07) is 5.05. The fraction of sp³-hybridized carbons (Fsp3) is 0.250. The second-order valence-corrected chi connectivity index (χ2v) is 3.71. The molecule has 0 bridgehead atoms. The highest BCUT2D eigenvalue weighted by Crippen LogP contribution is 2.25. The number of hydrogen-bond donors (Lipinski definition) is 1. The van der Waals surface area contributed by atoms with E-state index in [0.717, 1.165) is 16.8 Å². The summed E-state index contributed by atoms with van der Waals surface area (Å²) in [5, 5.41) is 8.88. The molecule has 0 aliphatic carbocycles. The normalized spacial score (nSPS) is 9.80. The molecule has 15 heavy (non-hydrogen) atoms. The van der Waals surface area contributed by atoms with Gasteiger partial charge < -0.3 is 10.0 Å². The molecular weight excluding hydrogens is 190 g/mol. The van der Waals surface area contributed by atoms with Crippen molar-refractivity contribution in [2.24, 2.45) is 0 Å². The van der Waals surface area contributed by atoms with Crippen molar-refractivity contribution >= 4 is 17.2 Å². The van der Waals surface area contributed by atoms with Crippen molar-refractivity contribution in [1.82, 2.24) is 0 Å². The SMILES string of the molecule is C=C(C)c1cc(C(=O)O)ccc1N(C)C. The van der Waals surface area contributed by atoms with Crippen LogP contribution in [0.3, 0.4) is 0 Å². The molecule has 0 aliphatic heterocycles. The number of hydrogen-bond acceptors (Lipinski definition) is 2. The van der Waals surface area contributed by atoms with E-state index in [9.17, 15) is 4.79 Å². The van der Waals surface area contributed by atoms with E-state index in [0.29, 0.717) is 5.56 Å². The van der Waals surface area contributed by atoms with Gasteiger partial charge in [-0.15, -0.1) is 0 Å². The van der Waals surface area contributed by atoms with Gasteiger partial charge in [-0.2, -0.15) is 0 Å². The Hall–Kier alpha value is -1.77. The number of nitrogens with zero attached hydrogens (tertiary/aromatic N) is 1. The van der Waals surface area contributed by atoms with Gasteiger partial charge in [-0.1, -0.05) is 6.58 Å². The maximum atomic E-state index is 10.8. The van der Waals surface area contributed by atoms with Gasteiger partial charge in [-0.25, -0.2) is 4.79 Å². The summed E-state index contributed by atoms with van der Waals surface area (Å²) in [4.78, 5) is 12.8. The van der Waals surface area contributed by atoms with E-state index >= 15 is 0 Å². The minimum atomic E-state index is -0.914. The highest BCUT2D eigenvalue weighted by Gasteiger charge is 2.09. The average molecular weight is 205 g/mol. The summed E-state index contributed by atoms with van der Waals surface area (Å²) < 4.78 is 0. The van der Waals surface area contributed by atoms with E-state index in [2.05, 4.69) is 6.58 Å². The summed E-state index contributed by atoms with van der Waals surface area (Å²) in [6.45, 7) is 5.72. The molecule has 80 valence electrons. The third-order valence-electron chi connectivity index (χ3n) is 2.19. The summed E-state index contributed by atoms with van der Waals surface area (Å²) >= 11 is 0. The van der Waals surface area contributed by atoms with Gasteiger partial charge in [0, 0.05) is 25.3 Å². The molecule has 1 aromatic rings. The molecule has 0 fully saturated rings. The van der Waals surface area contributed by atoms with Crippen molar-refractivity contribution in [2.75, 3.05) is 19.0 Å². The zero-order valence-electron chi connectivity index (χ0n) is 9.24. The van der Waals surface area contributed by atoms with Crippen LogP contribution in [-0.2, 0) is 0 Å². The van der Waals surface area contributed by atoms with Crippen LogP contribution in [0.2, 0.25) is 0 Å². The first kappa shape index (κ1) is 11.3. The first-order valence-electron chi connectivity index (χ1n) is 4.64. The van der Waals surface area contributed by atoms with Crippen LogP contribution in [0.25, 0.3) is 5.57 Å². The Labute approximate surface area is 89.6 Å². The molecule has 1 aromatic carbocycles. The molecule has 0 spiro atoms. The van der Waals surface area contributed by atoms with Crippen LogP contribution in [0.15, 0.2) is 24.8 Å². The molecule has 3 nitrogen and oxygen atoms in total. The van der Waals surface area contributed by atoms with Crippen LogP contribution in [0, 0.1) is 0 Å². The predicted octanol–water partition coefficient (Wildman–Crippen LogP) is 2.48. The van der Waals surface area contributed by atoms with Gasteiger partial charge in [0.2, 0.25) is 0 Å². The van der Waals surface area contributed by atoms with E-state index in [1.54, 1.807) is 18.2 Å². The lowest BCUT2D eigenvalue weighted by Crippen LogP contribution is -2.11. The Morgan fingerprint density at radius 3 is 2.40 bits per heavy atom. The molecule has 3 heteroatoms. The molecule has 0 saturated heterocycles. The van der Waals surface area contributed by atoms with Crippen LogP contribution in [0.4, 0.5) is 5.69 Å². The molecule has 0 aromatic heterocycles. The number of benzene rings is 1. The van der Waals surface area contributed by atoms with Crippen LogP contribution >= 0.6 is 0 Å². The second kappa shape index (κ2) is 4.17. The smallest absolute Gasteiger partial charge is 0.335 e. The highest BCUT2D eigenvalue weighted by molar-refractivity contribution is 5.90. The number of allylic oxidation sites excluding steroid dienone is 1. The van der Waals surface area contributed by atoms with Crippen molar-refractivity contribution in [3.05, 3.63) is 35.9 Å². The maximum absolute atomic E-state index is 10.8. The van der Waals surface area contributed by atoms with Crippen LogP contribution < -0.4 is 4.90 Å². The molecule has 0 atom stereocenters. The molecule has 0 amide bonds. The number of carboxylic acid groups (broad SMARTS) is 1. The van der Waals surface area contributed by atoms with Crippen LogP contribution in [0.5, 0.6) is 0 Å². The lowest BCUT2D eigenvalue weighted by atomic mass is 10.0. The van der Waals surface area contributed by atoms with Crippen molar-refractivity contribution < 1.29 is 9.90 Å². The van der Waals surface area contributed by atoms with Crippen molar-refractivity contribution in [3.8, 4) is 0 Å². The van der Waals surface area contributed by atoms with Gasteiger partial charge in [-0.3, -0.25) is 0 Å². The van der Waals surface area contributed by atoms with E-state index in [1.165, 1.54) is 0 Å². The molecular formula is C12H15NO2. The van der Waals surface area contributed by atoms with Crippen molar-refractivity contribution in [2.45, 2.75) is 6.92 Å². The van der Waals surface area contributed by atoms with Crippen LogP contribution in [-0.4, -0.2) is 25.2 Å². The Bertz CT molecular complexity index is 408. The van der Waals surface area contributed by atoms with Crippen LogP contribution in [0.1, 0.15) is 22.8 Å². The molecule has 0 unspecified atom stereocenters. The zero-order valence-corrected chi connectivity index (χ0v) is 9.24. The van der Waals surface area contributed by atoms with Gasteiger partial charge in [0.05, 0.1) is 5.56 Å². The quantitative estimate of drug-likeness (QED) is 0.824. The van der Waals surface area contributed by atoms with E-state index in [4.69, 9.17) is 5.11 Å². The number of aromatic carboxylic acids is 1. The molecule has 1 N–H and O–H groups in total. The molecule has 1 rings (SSSR count). The number of carbonyl (C=O) groups is 1. The maximum Gasteiger partial charge on any atom is 0.335 e. The largest absolute Gasteiger partial charge is 0.478 e. The van der Waals surface area contributed by atoms with E-state index in [1.807, 2.05) is 25.9 Å². The summed E-state index contributed by atoms with van der Waals surface area (Å²) in [5.74, 6) is -0.914. The third-order valence-corrected chi connectivity index (χ3v) is 2.19. The molecule has 0 aliphatic rings. The first-order chi connectivity index (χ1) is 6.93. The van der Waals surface area contributed by atoms with Crippen molar-refractivity contribution in [3.63, 3.8) is 0 Å². The van der Waals surface area contributed by atoms with E-state index in [-0.39, 0.29) is 0 Å². The number of rotatable bonds is 3. The Kier molecular flexibility index (Phi) is 3.14. The van der Waals surface area contributed by atoms with E-state index < -0.39 is 5.97 Å². The number of anilines is 1. The fourth-order valence-corrected chi connectivity index (χ4v) is 1.40. The minimum absolute atomic E-state index is 0.290. The highest BCUT2D eigenvalue weighted by atomic mass is 16.4. The summed E-state index contributed by atoms with van der Waals surface area (Å²) in [7, 11) is 3.84. The fourth-order valence-electron chi connectivity index (χ4n) is 1.40. The van der Waals surface area contributed by atoms with Gasteiger partial charge >= 0.3 is 5.97 Å². The second-order valence-electron chi connectivity index (χ2n) is 3.71. The Morgan fingerprint density at radius 2 is 2.00 bits per heavy atom. The number of carboxylic acids is 1. The Balaban J connectivity index is 3.33. The zero-order chi connectivity index (χ0) is 11.6. The molecule has 0 heterocycles. The monoisotopic (exact) mass is 205 g/mol. The molecule has 0 radical (unpaired) electrons. The molecule has 0 saturated carbocycles.